The van der Waals surface area contributed by atoms with Gasteiger partial charge in [-0.25, -0.2) is 4.98 Å². The van der Waals surface area contributed by atoms with Crippen LogP contribution >= 0.6 is 23.4 Å². The summed E-state index contributed by atoms with van der Waals surface area (Å²) in [6.45, 7) is 1.85. The lowest BCUT2D eigenvalue weighted by atomic mass is 10.4. The summed E-state index contributed by atoms with van der Waals surface area (Å²) in [6.07, 6.45) is 1.67. The molecule has 1 aromatic rings. The average molecular weight is 245 g/mol. The molecular weight excluding hydrogens is 232 g/mol. The summed E-state index contributed by atoms with van der Waals surface area (Å²) in [5.74, 6) is 0.0571. The number of hydrogen-bond acceptors (Lipinski definition) is 3. The Bertz CT molecular complexity index is 357. The van der Waals surface area contributed by atoms with Crippen molar-refractivity contribution < 1.29 is 4.79 Å². The Morgan fingerprint density at radius 2 is 2.27 bits per heavy atom. The van der Waals surface area contributed by atoms with Crippen LogP contribution in [0.25, 0.3) is 0 Å². The van der Waals surface area contributed by atoms with E-state index in [2.05, 4.69) is 4.98 Å². The van der Waals surface area contributed by atoms with E-state index in [1.165, 1.54) is 11.8 Å². The molecule has 5 heteroatoms. The highest BCUT2D eigenvalue weighted by Crippen LogP contribution is 2.28. The molecule has 15 heavy (non-hydrogen) atoms. The molecule has 3 nitrogen and oxygen atoms in total. The van der Waals surface area contributed by atoms with Gasteiger partial charge in [0.2, 0.25) is 5.91 Å². The van der Waals surface area contributed by atoms with E-state index in [4.69, 9.17) is 11.6 Å². The SMILES string of the molecule is CC(Sc1ncccc1Cl)C(=O)N(C)C. The Kier molecular flexibility index (Phi) is 4.42. The summed E-state index contributed by atoms with van der Waals surface area (Å²) in [5, 5.41) is 1.11. The highest BCUT2D eigenvalue weighted by Gasteiger charge is 2.17. The first-order chi connectivity index (χ1) is 7.02. The van der Waals surface area contributed by atoms with Crippen LogP contribution in [0.4, 0.5) is 0 Å². The smallest absolute Gasteiger partial charge is 0.235 e. The number of thioether (sulfide) groups is 1. The molecule has 0 saturated heterocycles. The van der Waals surface area contributed by atoms with Crippen molar-refractivity contribution in [2.75, 3.05) is 14.1 Å². The monoisotopic (exact) mass is 244 g/mol. The van der Waals surface area contributed by atoms with E-state index in [0.29, 0.717) is 10.0 Å². The number of carbonyl (C=O) groups excluding carboxylic acids is 1. The highest BCUT2D eigenvalue weighted by molar-refractivity contribution is 8.00. The molecule has 1 rings (SSSR count). The summed E-state index contributed by atoms with van der Waals surface area (Å²) in [7, 11) is 3.47. The summed E-state index contributed by atoms with van der Waals surface area (Å²) >= 11 is 7.32. The van der Waals surface area contributed by atoms with E-state index in [-0.39, 0.29) is 11.2 Å². The zero-order chi connectivity index (χ0) is 11.4. The van der Waals surface area contributed by atoms with Gasteiger partial charge in [-0.2, -0.15) is 0 Å². The zero-order valence-electron chi connectivity index (χ0n) is 8.90. The topological polar surface area (TPSA) is 33.2 Å². The van der Waals surface area contributed by atoms with Crippen molar-refractivity contribution in [3.8, 4) is 0 Å². The summed E-state index contributed by atoms with van der Waals surface area (Å²) in [5.41, 5.74) is 0. The molecule has 0 saturated carbocycles. The molecule has 1 unspecified atom stereocenters. The van der Waals surface area contributed by atoms with Crippen molar-refractivity contribution in [2.45, 2.75) is 17.2 Å². The van der Waals surface area contributed by atoms with Gasteiger partial charge in [0.15, 0.2) is 0 Å². The van der Waals surface area contributed by atoms with Crippen molar-refractivity contribution in [1.29, 1.82) is 0 Å². The second-order valence-electron chi connectivity index (χ2n) is 3.28. The molecule has 0 aliphatic heterocycles. The normalized spacial score (nSPS) is 12.3. The molecule has 82 valence electrons. The third kappa shape index (κ3) is 3.39. The molecule has 0 aliphatic carbocycles. The van der Waals surface area contributed by atoms with Gasteiger partial charge in [0, 0.05) is 20.3 Å². The van der Waals surface area contributed by atoms with E-state index >= 15 is 0 Å². The number of rotatable bonds is 3. The van der Waals surface area contributed by atoms with Gasteiger partial charge in [-0.3, -0.25) is 4.79 Å². The standard InChI is InChI=1S/C10H13ClN2OS/c1-7(10(14)13(2)3)15-9-8(11)5-4-6-12-9/h4-7H,1-3H3. The van der Waals surface area contributed by atoms with Gasteiger partial charge >= 0.3 is 0 Å². The van der Waals surface area contributed by atoms with Crippen LogP contribution in [0.5, 0.6) is 0 Å². The first-order valence-corrected chi connectivity index (χ1v) is 5.76. The van der Waals surface area contributed by atoms with Crippen LogP contribution in [-0.2, 0) is 4.79 Å². The minimum absolute atomic E-state index is 0.0571. The number of hydrogen-bond donors (Lipinski definition) is 0. The minimum atomic E-state index is -0.174. The first kappa shape index (κ1) is 12.3. The molecule has 0 spiro atoms. The lowest BCUT2D eigenvalue weighted by Crippen LogP contribution is -2.29. The fourth-order valence-electron chi connectivity index (χ4n) is 1.04. The van der Waals surface area contributed by atoms with Crippen molar-refractivity contribution in [2.24, 2.45) is 0 Å². The molecule has 0 bridgehead atoms. The first-order valence-electron chi connectivity index (χ1n) is 4.50. The average Bonchev–Trinajstić information content (AvgIpc) is 2.20. The molecular formula is C10H13ClN2OS. The van der Waals surface area contributed by atoms with Gasteiger partial charge < -0.3 is 4.90 Å². The van der Waals surface area contributed by atoms with E-state index in [1.54, 1.807) is 37.3 Å². The van der Waals surface area contributed by atoms with Crippen LogP contribution in [0, 0.1) is 0 Å². The number of amides is 1. The predicted molar refractivity (Wildman–Crippen MR) is 63.3 cm³/mol. The number of aromatic nitrogens is 1. The van der Waals surface area contributed by atoms with E-state index in [9.17, 15) is 4.79 Å². The molecule has 0 N–H and O–H groups in total. The Labute approximate surface area is 98.8 Å². The number of halogens is 1. The largest absolute Gasteiger partial charge is 0.348 e. The summed E-state index contributed by atoms with van der Waals surface area (Å²) < 4.78 is 0. The van der Waals surface area contributed by atoms with Gasteiger partial charge in [0.25, 0.3) is 0 Å². The van der Waals surface area contributed by atoms with Gasteiger partial charge in [0.1, 0.15) is 5.03 Å². The van der Waals surface area contributed by atoms with Gasteiger partial charge in [-0.1, -0.05) is 23.4 Å². The van der Waals surface area contributed by atoms with Crippen LogP contribution in [0.2, 0.25) is 5.02 Å². The third-order valence-corrected chi connectivity index (χ3v) is 3.32. The zero-order valence-corrected chi connectivity index (χ0v) is 10.5. The number of pyridine rings is 1. The number of nitrogens with zero attached hydrogens (tertiary/aromatic N) is 2. The lowest BCUT2D eigenvalue weighted by Gasteiger charge is -2.16. The van der Waals surface area contributed by atoms with Gasteiger partial charge in [-0.05, 0) is 19.1 Å². The quantitative estimate of drug-likeness (QED) is 0.765. The molecule has 1 heterocycles. The fourth-order valence-corrected chi connectivity index (χ4v) is 2.24. The van der Waals surface area contributed by atoms with Crippen molar-refractivity contribution in [3.05, 3.63) is 23.4 Å². The van der Waals surface area contributed by atoms with E-state index in [1.807, 2.05) is 6.92 Å². The van der Waals surface area contributed by atoms with Crippen molar-refractivity contribution >= 4 is 29.3 Å². The van der Waals surface area contributed by atoms with Gasteiger partial charge in [-0.15, -0.1) is 0 Å². The molecule has 0 aliphatic rings. The molecule has 1 aromatic heterocycles. The van der Waals surface area contributed by atoms with Crippen LogP contribution in [0.3, 0.4) is 0 Å². The number of carbonyl (C=O) groups is 1. The third-order valence-electron chi connectivity index (χ3n) is 1.80. The van der Waals surface area contributed by atoms with E-state index < -0.39 is 0 Å². The Morgan fingerprint density at radius 1 is 1.60 bits per heavy atom. The Hall–Kier alpha value is -0.740. The molecule has 0 aromatic carbocycles. The summed E-state index contributed by atoms with van der Waals surface area (Å²) in [4.78, 5) is 17.3. The molecule has 0 radical (unpaired) electrons. The highest BCUT2D eigenvalue weighted by atomic mass is 35.5. The lowest BCUT2D eigenvalue weighted by molar-refractivity contribution is -0.127. The maximum Gasteiger partial charge on any atom is 0.235 e. The van der Waals surface area contributed by atoms with Crippen LogP contribution in [0.1, 0.15) is 6.92 Å². The molecule has 1 amide bonds. The van der Waals surface area contributed by atoms with E-state index in [0.717, 1.165) is 0 Å². The Morgan fingerprint density at radius 3 is 2.80 bits per heavy atom. The predicted octanol–water partition coefficient (Wildman–Crippen LogP) is 2.30. The van der Waals surface area contributed by atoms with Crippen LogP contribution in [-0.4, -0.2) is 35.1 Å². The molecule has 0 fully saturated rings. The fraction of sp³-hybridized carbons (Fsp3) is 0.400. The second-order valence-corrected chi connectivity index (χ2v) is 5.02. The summed E-state index contributed by atoms with van der Waals surface area (Å²) in [6, 6.07) is 3.54. The van der Waals surface area contributed by atoms with Crippen LogP contribution in [0.15, 0.2) is 23.4 Å². The van der Waals surface area contributed by atoms with Crippen molar-refractivity contribution in [3.63, 3.8) is 0 Å². The Balaban J connectivity index is 2.71. The second kappa shape index (κ2) is 5.37. The van der Waals surface area contributed by atoms with Gasteiger partial charge in [0.05, 0.1) is 10.3 Å². The maximum atomic E-state index is 11.6. The molecule has 1 atom stereocenters. The maximum absolute atomic E-state index is 11.6. The minimum Gasteiger partial charge on any atom is -0.348 e. The van der Waals surface area contributed by atoms with Crippen molar-refractivity contribution in [1.82, 2.24) is 9.88 Å². The van der Waals surface area contributed by atoms with Crippen LogP contribution < -0.4 is 0 Å².